The summed E-state index contributed by atoms with van der Waals surface area (Å²) in [6.45, 7) is 0. The van der Waals surface area contributed by atoms with Gasteiger partial charge in [0.05, 0.1) is 18.0 Å². The van der Waals surface area contributed by atoms with E-state index in [0.29, 0.717) is 12.1 Å². The SMILES string of the molecule is Oc1cc(F)c(C(F)(F)F)cc1-c1ccnnc1. The molecule has 7 heteroatoms. The van der Waals surface area contributed by atoms with E-state index in [0.717, 1.165) is 0 Å². The summed E-state index contributed by atoms with van der Waals surface area (Å²) in [5.41, 5.74) is -1.38. The van der Waals surface area contributed by atoms with E-state index in [-0.39, 0.29) is 11.1 Å². The third-order valence-corrected chi connectivity index (χ3v) is 2.29. The van der Waals surface area contributed by atoms with Crippen LogP contribution in [-0.4, -0.2) is 15.3 Å². The van der Waals surface area contributed by atoms with Crippen molar-refractivity contribution in [1.29, 1.82) is 0 Å². The number of alkyl halides is 3. The molecule has 94 valence electrons. The zero-order valence-corrected chi connectivity index (χ0v) is 8.74. The Bertz CT molecular complexity index is 569. The maximum Gasteiger partial charge on any atom is 0.419 e. The summed E-state index contributed by atoms with van der Waals surface area (Å²) in [6, 6.07) is 2.33. The fraction of sp³-hybridized carbons (Fsp3) is 0.0909. The topological polar surface area (TPSA) is 46.0 Å². The van der Waals surface area contributed by atoms with Gasteiger partial charge in [-0.3, -0.25) is 0 Å². The van der Waals surface area contributed by atoms with Crippen molar-refractivity contribution in [2.75, 3.05) is 0 Å². The Hall–Kier alpha value is -2.18. The van der Waals surface area contributed by atoms with E-state index >= 15 is 0 Å². The number of aromatic hydroxyl groups is 1. The minimum absolute atomic E-state index is 0.154. The summed E-state index contributed by atoms with van der Waals surface area (Å²) in [5.74, 6) is -2.11. The minimum Gasteiger partial charge on any atom is -0.507 e. The number of hydrogen-bond acceptors (Lipinski definition) is 3. The Morgan fingerprint density at radius 3 is 2.39 bits per heavy atom. The molecule has 3 nitrogen and oxygen atoms in total. The van der Waals surface area contributed by atoms with Crippen LogP contribution < -0.4 is 0 Å². The second-order valence-electron chi connectivity index (χ2n) is 3.48. The predicted molar refractivity (Wildman–Crippen MR) is 54.1 cm³/mol. The van der Waals surface area contributed by atoms with Crippen molar-refractivity contribution in [1.82, 2.24) is 10.2 Å². The first-order valence-corrected chi connectivity index (χ1v) is 4.76. The third kappa shape index (κ3) is 2.24. The molecule has 0 bridgehead atoms. The van der Waals surface area contributed by atoms with Crippen LogP contribution in [0.1, 0.15) is 5.56 Å². The minimum atomic E-state index is -4.83. The lowest BCUT2D eigenvalue weighted by Crippen LogP contribution is -2.08. The number of halogens is 4. The van der Waals surface area contributed by atoms with Gasteiger partial charge in [-0.15, -0.1) is 0 Å². The highest BCUT2D eigenvalue weighted by Crippen LogP contribution is 2.38. The molecule has 0 saturated carbocycles. The molecule has 0 fully saturated rings. The zero-order chi connectivity index (χ0) is 13.3. The molecule has 0 saturated heterocycles. The molecule has 2 aromatic rings. The standard InChI is InChI=1S/C11H6F4N2O/c12-9-4-10(18)7(3-8(9)11(13,14)15)6-1-2-16-17-5-6/h1-5,18H. The average Bonchev–Trinajstić information content (AvgIpc) is 2.28. The maximum atomic E-state index is 13.1. The first-order valence-electron chi connectivity index (χ1n) is 4.76. The Morgan fingerprint density at radius 1 is 1.11 bits per heavy atom. The van der Waals surface area contributed by atoms with Crippen LogP contribution in [0.25, 0.3) is 11.1 Å². The van der Waals surface area contributed by atoms with Gasteiger partial charge >= 0.3 is 6.18 Å². The summed E-state index contributed by atoms with van der Waals surface area (Å²) in [6.07, 6.45) is -2.40. The normalized spacial score (nSPS) is 11.6. The van der Waals surface area contributed by atoms with Crippen LogP contribution >= 0.6 is 0 Å². The van der Waals surface area contributed by atoms with Crippen LogP contribution in [0.15, 0.2) is 30.6 Å². The maximum absolute atomic E-state index is 13.1. The highest BCUT2D eigenvalue weighted by atomic mass is 19.4. The monoisotopic (exact) mass is 258 g/mol. The van der Waals surface area contributed by atoms with Gasteiger partial charge in [0.15, 0.2) is 0 Å². The van der Waals surface area contributed by atoms with E-state index in [4.69, 9.17) is 0 Å². The Labute approximate surface area is 98.7 Å². The Kier molecular flexibility index (Phi) is 2.90. The molecule has 1 aromatic heterocycles. The van der Waals surface area contributed by atoms with Gasteiger partial charge in [-0.25, -0.2) is 4.39 Å². The third-order valence-electron chi connectivity index (χ3n) is 2.29. The summed E-state index contributed by atoms with van der Waals surface area (Å²) in [4.78, 5) is 0. The second kappa shape index (κ2) is 4.25. The van der Waals surface area contributed by atoms with Gasteiger partial charge in [-0.05, 0) is 12.1 Å². The number of aromatic nitrogens is 2. The quantitative estimate of drug-likeness (QED) is 0.800. The number of phenolic OH excluding ortho intramolecular Hbond substituents is 1. The van der Waals surface area contributed by atoms with E-state index in [2.05, 4.69) is 10.2 Å². The van der Waals surface area contributed by atoms with Crippen LogP contribution in [0, 0.1) is 5.82 Å². The van der Waals surface area contributed by atoms with E-state index in [9.17, 15) is 22.7 Å². The van der Waals surface area contributed by atoms with Crippen molar-refractivity contribution in [2.24, 2.45) is 0 Å². The molecule has 0 amide bonds. The summed E-state index contributed by atoms with van der Waals surface area (Å²) < 4.78 is 50.7. The molecule has 0 aliphatic rings. The Morgan fingerprint density at radius 2 is 1.83 bits per heavy atom. The van der Waals surface area contributed by atoms with Crippen molar-refractivity contribution in [3.63, 3.8) is 0 Å². The Balaban J connectivity index is 2.63. The highest BCUT2D eigenvalue weighted by molar-refractivity contribution is 5.70. The van der Waals surface area contributed by atoms with Gasteiger partial charge in [0.2, 0.25) is 0 Å². The van der Waals surface area contributed by atoms with Crippen LogP contribution in [0.5, 0.6) is 5.75 Å². The van der Waals surface area contributed by atoms with Crippen molar-refractivity contribution >= 4 is 0 Å². The average molecular weight is 258 g/mol. The van der Waals surface area contributed by atoms with Crippen molar-refractivity contribution < 1.29 is 22.7 Å². The van der Waals surface area contributed by atoms with E-state index in [1.807, 2.05) is 0 Å². The number of hydrogen-bond donors (Lipinski definition) is 1. The van der Waals surface area contributed by atoms with Crippen molar-refractivity contribution in [3.8, 4) is 16.9 Å². The van der Waals surface area contributed by atoms with E-state index < -0.39 is 23.3 Å². The molecule has 1 N–H and O–H groups in total. The van der Waals surface area contributed by atoms with E-state index in [1.165, 1.54) is 18.5 Å². The van der Waals surface area contributed by atoms with Crippen LogP contribution in [0.2, 0.25) is 0 Å². The van der Waals surface area contributed by atoms with Crippen molar-refractivity contribution in [3.05, 3.63) is 42.0 Å². The number of nitrogens with zero attached hydrogens (tertiary/aromatic N) is 2. The lowest BCUT2D eigenvalue weighted by Gasteiger charge is -2.11. The molecule has 0 aliphatic heterocycles. The fourth-order valence-corrected chi connectivity index (χ4v) is 1.46. The van der Waals surface area contributed by atoms with Gasteiger partial charge in [-0.1, -0.05) is 0 Å². The zero-order valence-electron chi connectivity index (χ0n) is 8.74. The van der Waals surface area contributed by atoms with Crippen LogP contribution in [-0.2, 0) is 6.18 Å². The highest BCUT2D eigenvalue weighted by Gasteiger charge is 2.35. The molecular formula is C11H6F4N2O. The second-order valence-corrected chi connectivity index (χ2v) is 3.48. The van der Waals surface area contributed by atoms with Gasteiger partial charge in [0, 0.05) is 17.2 Å². The molecule has 0 unspecified atom stereocenters. The lowest BCUT2D eigenvalue weighted by molar-refractivity contribution is -0.139. The van der Waals surface area contributed by atoms with Gasteiger partial charge in [0.25, 0.3) is 0 Å². The van der Waals surface area contributed by atoms with Crippen LogP contribution in [0.3, 0.4) is 0 Å². The fourth-order valence-electron chi connectivity index (χ4n) is 1.46. The summed E-state index contributed by atoms with van der Waals surface area (Å²) >= 11 is 0. The molecule has 0 radical (unpaired) electrons. The molecule has 1 aromatic carbocycles. The van der Waals surface area contributed by atoms with Gasteiger partial charge < -0.3 is 5.11 Å². The molecule has 18 heavy (non-hydrogen) atoms. The molecule has 0 spiro atoms. The number of rotatable bonds is 1. The number of phenols is 1. The smallest absolute Gasteiger partial charge is 0.419 e. The van der Waals surface area contributed by atoms with Crippen molar-refractivity contribution in [2.45, 2.75) is 6.18 Å². The predicted octanol–water partition coefficient (Wildman–Crippen LogP) is 3.01. The first-order chi connectivity index (χ1) is 8.39. The molecular weight excluding hydrogens is 252 g/mol. The largest absolute Gasteiger partial charge is 0.507 e. The lowest BCUT2D eigenvalue weighted by atomic mass is 10.0. The molecule has 0 atom stereocenters. The number of benzene rings is 1. The molecule has 2 rings (SSSR count). The summed E-state index contributed by atoms with van der Waals surface area (Å²) in [5, 5.41) is 16.4. The summed E-state index contributed by atoms with van der Waals surface area (Å²) in [7, 11) is 0. The van der Waals surface area contributed by atoms with Crippen LogP contribution in [0.4, 0.5) is 17.6 Å². The van der Waals surface area contributed by atoms with Gasteiger partial charge in [0.1, 0.15) is 11.6 Å². The van der Waals surface area contributed by atoms with E-state index in [1.54, 1.807) is 0 Å². The molecule has 1 heterocycles. The molecule has 0 aliphatic carbocycles. The first kappa shape index (κ1) is 12.3. The van der Waals surface area contributed by atoms with Gasteiger partial charge in [-0.2, -0.15) is 23.4 Å².